The molecule has 0 saturated heterocycles. The number of aldehydes is 2. The molecule has 0 aromatic heterocycles. The van der Waals surface area contributed by atoms with Crippen LogP contribution in [0.15, 0.2) is 12.2 Å². The van der Waals surface area contributed by atoms with Gasteiger partial charge in [-0.05, 0) is 24.7 Å². The molecule has 2 nitrogen and oxygen atoms in total. The molecule has 92 valence electrons. The average molecular weight is 224 g/mol. The second-order valence-corrected chi connectivity index (χ2v) is 4.98. The molecule has 0 N–H and O–H groups in total. The summed E-state index contributed by atoms with van der Waals surface area (Å²) in [6.07, 6.45) is 7.98. The van der Waals surface area contributed by atoms with Crippen molar-refractivity contribution in [2.24, 2.45) is 23.7 Å². The molecule has 0 rings (SSSR count). The van der Waals surface area contributed by atoms with E-state index in [1.807, 2.05) is 19.9 Å². The minimum atomic E-state index is -0.00950. The molecule has 2 heteroatoms. The molecule has 0 bridgehead atoms. The Kier molecular flexibility index (Phi) is 7.78. The summed E-state index contributed by atoms with van der Waals surface area (Å²) in [5.41, 5.74) is 0. The summed E-state index contributed by atoms with van der Waals surface area (Å²) in [6, 6.07) is 0. The van der Waals surface area contributed by atoms with Gasteiger partial charge in [0.15, 0.2) is 0 Å². The van der Waals surface area contributed by atoms with Gasteiger partial charge in [0.25, 0.3) is 0 Å². The van der Waals surface area contributed by atoms with Crippen LogP contribution in [0.1, 0.15) is 40.5 Å². The van der Waals surface area contributed by atoms with Gasteiger partial charge in [0, 0.05) is 11.8 Å². The van der Waals surface area contributed by atoms with Crippen LogP contribution in [-0.4, -0.2) is 12.6 Å². The van der Waals surface area contributed by atoms with Crippen LogP contribution in [-0.2, 0) is 9.59 Å². The van der Waals surface area contributed by atoms with E-state index >= 15 is 0 Å². The molecular weight excluding hydrogens is 200 g/mol. The van der Waals surface area contributed by atoms with Gasteiger partial charge < -0.3 is 9.59 Å². The van der Waals surface area contributed by atoms with Crippen LogP contribution in [0.2, 0.25) is 0 Å². The Bertz CT molecular complexity index is 231. The molecule has 0 radical (unpaired) electrons. The van der Waals surface area contributed by atoms with E-state index in [1.54, 1.807) is 0 Å². The maximum absolute atomic E-state index is 10.5. The fraction of sp³-hybridized carbons (Fsp3) is 0.714. The zero-order chi connectivity index (χ0) is 12.6. The number of rotatable bonds is 8. The molecular formula is C14H24O2. The minimum Gasteiger partial charge on any atom is -0.303 e. The van der Waals surface area contributed by atoms with E-state index < -0.39 is 0 Å². The molecule has 0 heterocycles. The van der Waals surface area contributed by atoms with Crippen molar-refractivity contribution in [2.45, 2.75) is 40.5 Å². The highest BCUT2D eigenvalue weighted by molar-refractivity contribution is 5.55. The van der Waals surface area contributed by atoms with Crippen molar-refractivity contribution in [3.05, 3.63) is 12.2 Å². The minimum absolute atomic E-state index is 0.00950. The normalized spacial score (nSPS) is 17.3. The maximum atomic E-state index is 10.5. The lowest BCUT2D eigenvalue weighted by Crippen LogP contribution is -2.09. The van der Waals surface area contributed by atoms with E-state index in [2.05, 4.69) is 19.9 Å². The van der Waals surface area contributed by atoms with E-state index in [1.165, 1.54) is 0 Å². The Balaban J connectivity index is 4.22. The van der Waals surface area contributed by atoms with E-state index in [-0.39, 0.29) is 11.8 Å². The first kappa shape index (κ1) is 15.1. The highest BCUT2D eigenvalue weighted by Crippen LogP contribution is 2.21. The van der Waals surface area contributed by atoms with Gasteiger partial charge in [-0.1, -0.05) is 39.8 Å². The van der Waals surface area contributed by atoms with Crippen LogP contribution in [0.3, 0.4) is 0 Å². The largest absolute Gasteiger partial charge is 0.303 e. The third kappa shape index (κ3) is 6.54. The smallest absolute Gasteiger partial charge is 0.126 e. The van der Waals surface area contributed by atoms with Crippen LogP contribution in [0.5, 0.6) is 0 Å². The quantitative estimate of drug-likeness (QED) is 0.468. The average Bonchev–Trinajstić information content (AvgIpc) is 2.27. The van der Waals surface area contributed by atoms with Crippen LogP contribution in [0.25, 0.3) is 0 Å². The Morgan fingerprint density at radius 2 is 1.50 bits per heavy atom. The third-order valence-corrected chi connectivity index (χ3v) is 2.92. The summed E-state index contributed by atoms with van der Waals surface area (Å²) in [5.74, 6) is 1.14. The standard InChI is InChI=1S/C14H24O2/c1-11(2)14(7-5-12(3)9-15)8-6-13(4)10-16/h5,7,9-14H,6,8H2,1-4H3. The molecule has 0 aliphatic carbocycles. The van der Waals surface area contributed by atoms with Gasteiger partial charge >= 0.3 is 0 Å². The van der Waals surface area contributed by atoms with Gasteiger partial charge in [0.05, 0.1) is 0 Å². The van der Waals surface area contributed by atoms with Crippen LogP contribution >= 0.6 is 0 Å². The van der Waals surface area contributed by atoms with Crippen molar-refractivity contribution in [2.75, 3.05) is 0 Å². The third-order valence-electron chi connectivity index (χ3n) is 2.92. The molecule has 3 atom stereocenters. The first-order valence-electron chi connectivity index (χ1n) is 6.10. The summed E-state index contributed by atoms with van der Waals surface area (Å²) in [4.78, 5) is 21.0. The zero-order valence-electron chi connectivity index (χ0n) is 10.8. The highest BCUT2D eigenvalue weighted by atomic mass is 16.1. The fourth-order valence-electron chi connectivity index (χ4n) is 1.54. The number of hydrogen-bond donors (Lipinski definition) is 0. The lowest BCUT2D eigenvalue weighted by Gasteiger charge is -2.18. The van der Waals surface area contributed by atoms with Crippen LogP contribution in [0.4, 0.5) is 0 Å². The van der Waals surface area contributed by atoms with Crippen molar-refractivity contribution < 1.29 is 9.59 Å². The highest BCUT2D eigenvalue weighted by Gasteiger charge is 2.12. The van der Waals surface area contributed by atoms with Crippen molar-refractivity contribution in [3.8, 4) is 0 Å². The molecule has 3 unspecified atom stereocenters. The first-order valence-corrected chi connectivity index (χ1v) is 6.10. The van der Waals surface area contributed by atoms with E-state index in [9.17, 15) is 9.59 Å². The maximum Gasteiger partial charge on any atom is 0.126 e. The summed E-state index contributed by atoms with van der Waals surface area (Å²) in [6.45, 7) is 8.18. The predicted molar refractivity (Wildman–Crippen MR) is 67.2 cm³/mol. The Morgan fingerprint density at radius 1 is 0.875 bits per heavy atom. The number of hydrogen-bond acceptors (Lipinski definition) is 2. The van der Waals surface area contributed by atoms with Gasteiger partial charge in [-0.25, -0.2) is 0 Å². The predicted octanol–water partition coefficient (Wildman–Crippen LogP) is 3.27. The SMILES string of the molecule is CC(C=O)C=CC(CCC(C)C=O)C(C)C. The van der Waals surface area contributed by atoms with Crippen molar-refractivity contribution in [1.82, 2.24) is 0 Å². The summed E-state index contributed by atoms with van der Waals surface area (Å²) in [7, 11) is 0. The number of carbonyl (C=O) groups excluding carboxylic acids is 2. The molecule has 0 fully saturated rings. The first-order chi connectivity index (χ1) is 7.51. The molecule has 0 amide bonds. The molecule has 0 saturated carbocycles. The molecule has 0 aliphatic heterocycles. The van der Waals surface area contributed by atoms with Gasteiger partial charge in [-0.3, -0.25) is 0 Å². The Labute approximate surface area is 99.1 Å². The lowest BCUT2D eigenvalue weighted by atomic mass is 9.87. The van der Waals surface area contributed by atoms with Crippen molar-refractivity contribution in [1.29, 1.82) is 0 Å². The van der Waals surface area contributed by atoms with Gasteiger partial charge in [0.1, 0.15) is 12.6 Å². The molecule has 0 aromatic rings. The molecule has 0 spiro atoms. The van der Waals surface area contributed by atoms with Gasteiger partial charge in [-0.2, -0.15) is 0 Å². The summed E-state index contributed by atoms with van der Waals surface area (Å²) >= 11 is 0. The van der Waals surface area contributed by atoms with E-state index in [0.29, 0.717) is 11.8 Å². The molecule has 0 aliphatic rings. The van der Waals surface area contributed by atoms with E-state index in [0.717, 1.165) is 25.4 Å². The van der Waals surface area contributed by atoms with Crippen LogP contribution in [0, 0.1) is 23.7 Å². The molecule has 16 heavy (non-hydrogen) atoms. The second kappa shape index (κ2) is 8.26. The van der Waals surface area contributed by atoms with Crippen LogP contribution < -0.4 is 0 Å². The Hall–Kier alpha value is -0.920. The van der Waals surface area contributed by atoms with Gasteiger partial charge in [-0.15, -0.1) is 0 Å². The van der Waals surface area contributed by atoms with E-state index in [4.69, 9.17) is 0 Å². The summed E-state index contributed by atoms with van der Waals surface area (Å²) < 4.78 is 0. The fourth-order valence-corrected chi connectivity index (χ4v) is 1.54. The molecule has 0 aromatic carbocycles. The van der Waals surface area contributed by atoms with Crippen molar-refractivity contribution >= 4 is 12.6 Å². The topological polar surface area (TPSA) is 34.1 Å². The van der Waals surface area contributed by atoms with Gasteiger partial charge in [0.2, 0.25) is 0 Å². The zero-order valence-corrected chi connectivity index (χ0v) is 10.8. The second-order valence-electron chi connectivity index (χ2n) is 4.98. The summed E-state index contributed by atoms with van der Waals surface area (Å²) in [5, 5.41) is 0. The lowest BCUT2D eigenvalue weighted by molar-refractivity contribution is -0.111. The number of allylic oxidation sites excluding steroid dienone is 2. The Morgan fingerprint density at radius 3 is 1.94 bits per heavy atom. The monoisotopic (exact) mass is 224 g/mol. The van der Waals surface area contributed by atoms with Crippen molar-refractivity contribution in [3.63, 3.8) is 0 Å². The number of carbonyl (C=O) groups is 2.